The molecule has 0 aromatic rings. The SMILES string of the molecule is CCC[C]12[CH]3[C]4(CCC)[C]5(CCC)[CH]1[Fe]32451678[CH]2[CH]1[C]6(CCC)[C]7(CCC)[CH]28. The summed E-state index contributed by atoms with van der Waals surface area (Å²) in [7, 11) is 0. The fourth-order valence-electron chi connectivity index (χ4n) is 25.4. The molecule has 148 valence electrons. The number of hydrogen-bond acceptors (Lipinski definition) is 0. The molecular formula is C25H40Fe. The Balaban J connectivity index is 1.45. The zero-order valence-electron chi connectivity index (χ0n) is 17.8. The van der Waals surface area contributed by atoms with Crippen molar-refractivity contribution in [2.75, 3.05) is 0 Å². The van der Waals surface area contributed by atoms with Crippen LogP contribution in [0.3, 0.4) is 0 Å². The number of rotatable bonds is 10. The monoisotopic (exact) mass is 396 g/mol. The molecule has 0 N–H and O–H groups in total. The van der Waals surface area contributed by atoms with Crippen LogP contribution in [0.25, 0.3) is 0 Å². The second-order valence-corrected chi connectivity index (χ2v) is 37.3. The van der Waals surface area contributed by atoms with Crippen LogP contribution in [0.5, 0.6) is 0 Å². The molecule has 1 spiro atoms. The summed E-state index contributed by atoms with van der Waals surface area (Å²) >= 11 is 0. The molecule has 10 heterocycles. The first-order valence-electron chi connectivity index (χ1n) is 12.6. The molecule has 0 aromatic carbocycles. The van der Waals surface area contributed by atoms with Gasteiger partial charge in [-0.1, -0.05) is 0 Å². The van der Waals surface area contributed by atoms with Crippen LogP contribution in [-0.2, 0) is 6.51 Å². The van der Waals surface area contributed by atoms with E-state index in [1.807, 2.05) is 0 Å². The number of fused-ring (bicyclic) bond motifs is 10. The topological polar surface area (TPSA) is 0 Å². The molecule has 0 bridgehead atoms. The predicted molar refractivity (Wildman–Crippen MR) is 107 cm³/mol. The summed E-state index contributed by atoms with van der Waals surface area (Å²) < 4.78 is 5.41. The minimum absolute atomic E-state index is 1.08. The van der Waals surface area contributed by atoms with Crippen molar-refractivity contribution in [2.24, 2.45) is 0 Å². The molecule has 10 aliphatic rings. The fourth-order valence-corrected chi connectivity index (χ4v) is 113. The maximum absolute atomic E-state index is 3.56. The van der Waals surface area contributed by atoms with Crippen molar-refractivity contribution >= 4 is 0 Å². The van der Waals surface area contributed by atoms with E-state index in [4.69, 9.17) is 0 Å². The summed E-state index contributed by atoms with van der Waals surface area (Å²) in [6.07, 6.45) is 16.3. The van der Waals surface area contributed by atoms with E-state index >= 15 is 0 Å². The van der Waals surface area contributed by atoms with Gasteiger partial charge in [0.2, 0.25) is 0 Å². The van der Waals surface area contributed by atoms with Crippen LogP contribution in [0, 0.1) is 0 Å². The summed E-state index contributed by atoms with van der Waals surface area (Å²) in [6, 6.07) is 0. The van der Waals surface area contributed by atoms with Crippen LogP contribution in [0.4, 0.5) is 0 Å². The molecule has 10 aliphatic heterocycles. The van der Waals surface area contributed by atoms with Gasteiger partial charge in [0.05, 0.1) is 0 Å². The van der Waals surface area contributed by atoms with Gasteiger partial charge in [0.15, 0.2) is 0 Å². The van der Waals surface area contributed by atoms with Gasteiger partial charge in [0, 0.05) is 0 Å². The molecule has 0 nitrogen and oxygen atoms in total. The van der Waals surface area contributed by atoms with E-state index in [9.17, 15) is 0 Å². The zero-order chi connectivity index (χ0) is 17.8. The third-order valence-electron chi connectivity index (χ3n) is 19.9. The van der Waals surface area contributed by atoms with E-state index < -0.39 is 6.51 Å². The first-order valence-corrected chi connectivity index (χ1v) is 18.6. The third kappa shape index (κ3) is 0.164. The Hall–Kier alpha value is 0.519. The second-order valence-electron chi connectivity index (χ2n) is 14.5. The molecule has 0 radical (unpaired) electrons. The quantitative estimate of drug-likeness (QED) is 0.323. The Morgan fingerprint density at radius 3 is 1.27 bits per heavy atom. The molecule has 0 amide bonds. The first kappa shape index (κ1) is 13.7. The predicted octanol–water partition coefficient (Wildman–Crippen LogP) is 9.23. The molecule has 1 heteroatoms. The van der Waals surface area contributed by atoms with Gasteiger partial charge in [-0.3, -0.25) is 0 Å². The molecule has 10 fully saturated rings. The van der Waals surface area contributed by atoms with E-state index in [0.717, 1.165) is 21.6 Å². The molecule has 10 rings (SSSR count). The molecule has 0 aliphatic carbocycles. The van der Waals surface area contributed by atoms with E-state index in [1.54, 1.807) is 32.1 Å². The van der Waals surface area contributed by atoms with Crippen molar-refractivity contribution in [1.82, 2.24) is 0 Å². The van der Waals surface area contributed by atoms with E-state index in [-0.39, 0.29) is 0 Å². The number of hydrogen-bond donors (Lipinski definition) is 0. The van der Waals surface area contributed by atoms with Crippen molar-refractivity contribution in [3.8, 4) is 0 Å². The molecule has 0 aromatic heterocycles. The first-order chi connectivity index (χ1) is 12.4. The van der Waals surface area contributed by atoms with Gasteiger partial charge in [-0.15, -0.1) is 0 Å². The Kier molecular flexibility index (Phi) is 0.799. The Morgan fingerprint density at radius 2 is 0.923 bits per heavy atom. The Labute approximate surface area is 150 Å². The van der Waals surface area contributed by atoms with Gasteiger partial charge in [-0.2, -0.15) is 0 Å². The van der Waals surface area contributed by atoms with Crippen LogP contribution < -0.4 is 0 Å². The van der Waals surface area contributed by atoms with E-state index in [1.165, 1.54) is 56.2 Å². The van der Waals surface area contributed by atoms with Crippen molar-refractivity contribution < 1.29 is 6.51 Å². The summed E-state index contributed by atoms with van der Waals surface area (Å²) in [5.74, 6) is 0. The summed E-state index contributed by atoms with van der Waals surface area (Å²) in [6.45, 7) is 9.27. The van der Waals surface area contributed by atoms with Crippen LogP contribution in [0.15, 0.2) is 0 Å². The van der Waals surface area contributed by atoms with Crippen molar-refractivity contribution in [3.05, 3.63) is 0 Å². The van der Waals surface area contributed by atoms with Crippen molar-refractivity contribution in [3.63, 3.8) is 0 Å². The van der Waals surface area contributed by atoms with E-state index in [0.29, 0.717) is 0 Å². The van der Waals surface area contributed by atoms with Gasteiger partial charge < -0.3 is 0 Å². The van der Waals surface area contributed by atoms with Crippen LogP contribution >= 0.6 is 0 Å². The van der Waals surface area contributed by atoms with Crippen molar-refractivity contribution in [2.45, 2.75) is 144 Å². The summed E-state index contributed by atoms with van der Waals surface area (Å²) in [5.41, 5.74) is 0. The molecular weight excluding hydrogens is 356 g/mol. The average molecular weight is 396 g/mol. The fraction of sp³-hybridized carbons (Fsp3) is 1.00. The second kappa shape index (κ2) is 1.52. The molecule has 8 unspecified atom stereocenters. The van der Waals surface area contributed by atoms with Gasteiger partial charge in [-0.05, 0) is 0 Å². The molecule has 10 saturated heterocycles. The Bertz CT molecular complexity index is 1170. The zero-order valence-corrected chi connectivity index (χ0v) is 18.9. The average Bonchev–Trinajstić information content (AvgIpc) is 3.57. The van der Waals surface area contributed by atoms with Gasteiger partial charge in [-0.25, -0.2) is 0 Å². The molecule has 0 saturated carbocycles. The van der Waals surface area contributed by atoms with E-state index in [2.05, 4.69) is 34.6 Å². The normalized spacial score (nSPS) is 93.7. The maximum atomic E-state index is 2.57. The van der Waals surface area contributed by atoms with Gasteiger partial charge >= 0.3 is 151 Å². The van der Waals surface area contributed by atoms with Gasteiger partial charge in [0.1, 0.15) is 0 Å². The van der Waals surface area contributed by atoms with Gasteiger partial charge in [0.25, 0.3) is 0 Å². The minimum atomic E-state index is -3.56. The van der Waals surface area contributed by atoms with Crippen molar-refractivity contribution in [1.29, 1.82) is 0 Å². The standard InChI is InChI=1S/C14H23.C11H17.Fe/c1-4-7-12-10-13(8-5-2)14(11-12)9-6-3;1-3-6-10-8-5-9-11(10)7-4-2;/h10-11H,4-9H2,1-3H3;5,8-9H,3-4,6-7H2,1-2H3;. The third-order valence-corrected chi connectivity index (χ3v) is 67.1. The summed E-state index contributed by atoms with van der Waals surface area (Å²) in [4.78, 5) is 7.25. The summed E-state index contributed by atoms with van der Waals surface area (Å²) in [5, 5.41) is 0. The molecule has 26 heavy (non-hydrogen) atoms. The van der Waals surface area contributed by atoms with Crippen LogP contribution in [-0.4, -0.2) is 0 Å². The Morgan fingerprint density at radius 1 is 0.538 bits per heavy atom. The molecule has 8 atom stereocenters. The van der Waals surface area contributed by atoms with Crippen LogP contribution in [0.1, 0.15) is 98.8 Å². The van der Waals surface area contributed by atoms with Crippen LogP contribution in [0.2, 0.25) is 45.6 Å².